The molecule has 2 rings (SSSR count). The zero-order valence-corrected chi connectivity index (χ0v) is 11.5. The van der Waals surface area contributed by atoms with Crippen molar-refractivity contribution in [1.29, 1.82) is 0 Å². The van der Waals surface area contributed by atoms with Gasteiger partial charge in [-0.3, -0.25) is 0 Å². The van der Waals surface area contributed by atoms with Gasteiger partial charge in [0.15, 0.2) is 0 Å². The molecule has 1 atom stereocenters. The lowest BCUT2D eigenvalue weighted by Gasteiger charge is -2.12. The molecule has 0 aliphatic rings. The second-order valence-electron chi connectivity index (χ2n) is 4.27. The van der Waals surface area contributed by atoms with Crippen molar-refractivity contribution in [3.05, 3.63) is 69.9 Å². The van der Waals surface area contributed by atoms with Gasteiger partial charge in [0.25, 0.3) is 0 Å². The van der Waals surface area contributed by atoms with Gasteiger partial charge in [-0.1, -0.05) is 42.5 Å². The molecule has 0 saturated heterocycles. The van der Waals surface area contributed by atoms with E-state index in [4.69, 9.17) is 5.73 Å². The van der Waals surface area contributed by atoms with E-state index in [2.05, 4.69) is 15.9 Å². The highest BCUT2D eigenvalue weighted by molar-refractivity contribution is 9.10. The zero-order chi connectivity index (χ0) is 13.0. The molecule has 0 saturated carbocycles. The molecule has 0 aliphatic carbocycles. The summed E-state index contributed by atoms with van der Waals surface area (Å²) in [4.78, 5) is 0. The third-order valence-electron chi connectivity index (χ3n) is 2.98. The van der Waals surface area contributed by atoms with Gasteiger partial charge in [0.05, 0.1) is 4.47 Å². The van der Waals surface area contributed by atoms with E-state index in [1.54, 1.807) is 6.07 Å². The topological polar surface area (TPSA) is 26.0 Å². The summed E-state index contributed by atoms with van der Waals surface area (Å²) in [5.74, 6) is -0.221. The molecule has 0 amide bonds. The average Bonchev–Trinajstić information content (AvgIpc) is 2.41. The van der Waals surface area contributed by atoms with E-state index in [9.17, 15) is 4.39 Å². The van der Waals surface area contributed by atoms with Crippen molar-refractivity contribution in [2.75, 3.05) is 0 Å². The van der Waals surface area contributed by atoms with Crippen LogP contribution in [-0.2, 0) is 6.42 Å². The first-order valence-electron chi connectivity index (χ1n) is 5.92. The highest BCUT2D eigenvalue weighted by Crippen LogP contribution is 2.24. The fourth-order valence-corrected chi connectivity index (χ4v) is 2.38. The molecule has 2 N–H and O–H groups in total. The Labute approximate surface area is 115 Å². The lowest BCUT2D eigenvalue weighted by atomic mass is 10.00. The minimum absolute atomic E-state index is 0.0126. The SMILES string of the molecule is NC(CCc1cccc(F)c1Br)c1ccccc1. The van der Waals surface area contributed by atoms with Crippen LogP contribution >= 0.6 is 15.9 Å². The molecule has 0 bridgehead atoms. The van der Waals surface area contributed by atoms with Crippen LogP contribution in [0.25, 0.3) is 0 Å². The molecule has 1 nitrogen and oxygen atoms in total. The first kappa shape index (κ1) is 13.2. The van der Waals surface area contributed by atoms with E-state index < -0.39 is 0 Å². The van der Waals surface area contributed by atoms with E-state index in [0.717, 1.165) is 24.0 Å². The summed E-state index contributed by atoms with van der Waals surface area (Å²) in [7, 11) is 0. The van der Waals surface area contributed by atoms with Gasteiger partial charge in [0.2, 0.25) is 0 Å². The maximum absolute atomic E-state index is 13.3. The number of nitrogens with two attached hydrogens (primary N) is 1. The van der Waals surface area contributed by atoms with Gasteiger partial charge in [-0.15, -0.1) is 0 Å². The summed E-state index contributed by atoms with van der Waals surface area (Å²) < 4.78 is 13.9. The normalized spacial score (nSPS) is 12.4. The molecule has 1 unspecified atom stereocenters. The number of aryl methyl sites for hydroxylation is 1. The van der Waals surface area contributed by atoms with Crippen LogP contribution in [-0.4, -0.2) is 0 Å². The van der Waals surface area contributed by atoms with Gasteiger partial charge in [0, 0.05) is 6.04 Å². The number of rotatable bonds is 4. The van der Waals surface area contributed by atoms with Crippen LogP contribution < -0.4 is 5.73 Å². The molecule has 0 radical (unpaired) electrons. The number of hydrogen-bond donors (Lipinski definition) is 1. The van der Waals surface area contributed by atoms with E-state index in [1.165, 1.54) is 6.07 Å². The Bertz CT molecular complexity index is 513. The van der Waals surface area contributed by atoms with Crippen molar-refractivity contribution in [2.24, 2.45) is 5.73 Å². The third-order valence-corrected chi connectivity index (χ3v) is 3.87. The van der Waals surface area contributed by atoms with E-state index in [1.807, 2.05) is 36.4 Å². The predicted octanol–water partition coefficient (Wildman–Crippen LogP) is 4.22. The molecular formula is C15H15BrFN. The van der Waals surface area contributed by atoms with Gasteiger partial charge >= 0.3 is 0 Å². The third kappa shape index (κ3) is 3.18. The van der Waals surface area contributed by atoms with Crippen LogP contribution in [0.5, 0.6) is 0 Å². The molecule has 0 spiro atoms. The smallest absolute Gasteiger partial charge is 0.137 e. The fourth-order valence-electron chi connectivity index (χ4n) is 1.92. The standard InChI is InChI=1S/C15H15BrFN/c16-15-12(7-4-8-13(15)17)9-10-14(18)11-5-2-1-3-6-11/h1-8,14H,9-10,18H2. The van der Waals surface area contributed by atoms with Crippen molar-refractivity contribution in [3.8, 4) is 0 Å². The van der Waals surface area contributed by atoms with Crippen LogP contribution in [0.3, 0.4) is 0 Å². The Hall–Kier alpha value is -1.19. The summed E-state index contributed by atoms with van der Waals surface area (Å²) in [5.41, 5.74) is 8.20. The second-order valence-corrected chi connectivity index (χ2v) is 5.06. The Balaban J connectivity index is 2.02. The maximum atomic E-state index is 13.3. The number of hydrogen-bond acceptors (Lipinski definition) is 1. The fraction of sp³-hybridized carbons (Fsp3) is 0.200. The lowest BCUT2D eigenvalue weighted by Crippen LogP contribution is -2.11. The minimum atomic E-state index is -0.221. The summed E-state index contributed by atoms with van der Waals surface area (Å²) in [6.07, 6.45) is 1.56. The quantitative estimate of drug-likeness (QED) is 0.899. The zero-order valence-electron chi connectivity index (χ0n) is 9.94. The highest BCUT2D eigenvalue weighted by Gasteiger charge is 2.09. The maximum Gasteiger partial charge on any atom is 0.137 e. The molecule has 0 aromatic heterocycles. The lowest BCUT2D eigenvalue weighted by molar-refractivity contribution is 0.610. The van der Waals surface area contributed by atoms with E-state index in [0.29, 0.717) is 4.47 Å². The highest BCUT2D eigenvalue weighted by atomic mass is 79.9. The van der Waals surface area contributed by atoms with Crippen molar-refractivity contribution < 1.29 is 4.39 Å². The molecule has 0 aliphatic heterocycles. The van der Waals surface area contributed by atoms with E-state index in [-0.39, 0.29) is 11.9 Å². The van der Waals surface area contributed by atoms with Gasteiger partial charge in [-0.05, 0) is 46.0 Å². The summed E-state index contributed by atoms with van der Waals surface area (Å²) in [5, 5.41) is 0. The van der Waals surface area contributed by atoms with Crippen molar-refractivity contribution in [3.63, 3.8) is 0 Å². The first-order chi connectivity index (χ1) is 8.68. The molecule has 0 fully saturated rings. The van der Waals surface area contributed by atoms with Gasteiger partial charge < -0.3 is 5.73 Å². The van der Waals surface area contributed by atoms with Gasteiger partial charge in [0.1, 0.15) is 5.82 Å². The summed E-state index contributed by atoms with van der Waals surface area (Å²) in [6.45, 7) is 0. The van der Waals surface area contributed by atoms with Crippen LogP contribution in [0.15, 0.2) is 53.0 Å². The van der Waals surface area contributed by atoms with Crippen molar-refractivity contribution >= 4 is 15.9 Å². The van der Waals surface area contributed by atoms with E-state index >= 15 is 0 Å². The predicted molar refractivity (Wildman–Crippen MR) is 75.8 cm³/mol. The Morgan fingerprint density at radius 3 is 2.50 bits per heavy atom. The monoisotopic (exact) mass is 307 g/mol. The molecule has 18 heavy (non-hydrogen) atoms. The van der Waals surface area contributed by atoms with Crippen LogP contribution in [0.2, 0.25) is 0 Å². The van der Waals surface area contributed by atoms with Gasteiger partial charge in [-0.25, -0.2) is 4.39 Å². The average molecular weight is 308 g/mol. The second kappa shape index (κ2) is 6.12. The summed E-state index contributed by atoms with van der Waals surface area (Å²) >= 11 is 3.27. The Kier molecular flexibility index (Phi) is 4.50. The van der Waals surface area contributed by atoms with Crippen molar-refractivity contribution in [1.82, 2.24) is 0 Å². The Morgan fingerprint density at radius 2 is 1.78 bits per heavy atom. The molecule has 3 heteroatoms. The number of benzene rings is 2. The van der Waals surface area contributed by atoms with Crippen LogP contribution in [0, 0.1) is 5.82 Å². The molecular weight excluding hydrogens is 293 g/mol. The van der Waals surface area contributed by atoms with Crippen molar-refractivity contribution in [2.45, 2.75) is 18.9 Å². The summed E-state index contributed by atoms with van der Waals surface area (Å²) in [6, 6.07) is 15.1. The Morgan fingerprint density at radius 1 is 1.06 bits per heavy atom. The minimum Gasteiger partial charge on any atom is -0.324 e. The molecule has 2 aromatic rings. The largest absolute Gasteiger partial charge is 0.324 e. The van der Waals surface area contributed by atoms with Crippen LogP contribution in [0.1, 0.15) is 23.6 Å². The van der Waals surface area contributed by atoms with Gasteiger partial charge in [-0.2, -0.15) is 0 Å². The van der Waals surface area contributed by atoms with Crippen LogP contribution in [0.4, 0.5) is 4.39 Å². The molecule has 2 aromatic carbocycles. The molecule has 94 valence electrons. The number of halogens is 2. The first-order valence-corrected chi connectivity index (χ1v) is 6.71. The molecule has 0 heterocycles.